The SMILES string of the molecule is CCCC(O)(CCC)NC. The molecule has 2 nitrogen and oxygen atoms in total. The Labute approximate surface area is 63.6 Å². The molecule has 0 aromatic heterocycles. The van der Waals surface area contributed by atoms with E-state index in [9.17, 15) is 5.11 Å². The monoisotopic (exact) mass is 145 g/mol. The molecule has 0 aromatic rings. The maximum absolute atomic E-state index is 9.71. The molecule has 0 amide bonds. The summed E-state index contributed by atoms with van der Waals surface area (Å²) in [4.78, 5) is 0. The Kier molecular flexibility index (Phi) is 4.65. The minimum atomic E-state index is -0.608. The first-order valence-electron chi connectivity index (χ1n) is 4.09. The van der Waals surface area contributed by atoms with Crippen LogP contribution in [0.4, 0.5) is 0 Å². The Balaban J connectivity index is 3.69. The second-order valence-electron chi connectivity index (χ2n) is 2.78. The van der Waals surface area contributed by atoms with Gasteiger partial charge in [0, 0.05) is 0 Å². The van der Waals surface area contributed by atoms with Crippen LogP contribution >= 0.6 is 0 Å². The van der Waals surface area contributed by atoms with Gasteiger partial charge in [-0.05, 0) is 19.9 Å². The Morgan fingerprint density at radius 3 is 1.80 bits per heavy atom. The average Bonchev–Trinajstić information content (AvgIpc) is 1.89. The van der Waals surface area contributed by atoms with Crippen LogP contribution in [0.15, 0.2) is 0 Å². The Morgan fingerprint density at radius 1 is 1.20 bits per heavy atom. The molecule has 0 aliphatic rings. The van der Waals surface area contributed by atoms with Crippen LogP contribution in [-0.4, -0.2) is 17.9 Å². The van der Waals surface area contributed by atoms with Gasteiger partial charge in [-0.2, -0.15) is 0 Å². The van der Waals surface area contributed by atoms with Crippen molar-refractivity contribution in [2.45, 2.75) is 45.3 Å². The summed E-state index contributed by atoms with van der Waals surface area (Å²) in [6.45, 7) is 4.16. The summed E-state index contributed by atoms with van der Waals surface area (Å²) in [6.07, 6.45) is 3.74. The molecule has 0 fully saturated rings. The molecule has 0 unspecified atom stereocenters. The molecule has 0 rings (SSSR count). The van der Waals surface area contributed by atoms with Crippen molar-refractivity contribution in [1.29, 1.82) is 0 Å². The van der Waals surface area contributed by atoms with Crippen molar-refractivity contribution in [3.05, 3.63) is 0 Å². The maximum atomic E-state index is 9.71. The lowest BCUT2D eigenvalue weighted by atomic mass is 10.0. The third-order valence-corrected chi connectivity index (χ3v) is 1.79. The fourth-order valence-corrected chi connectivity index (χ4v) is 1.20. The van der Waals surface area contributed by atoms with E-state index < -0.39 is 5.72 Å². The fourth-order valence-electron chi connectivity index (χ4n) is 1.20. The second kappa shape index (κ2) is 4.69. The highest BCUT2D eigenvalue weighted by molar-refractivity contribution is 4.71. The van der Waals surface area contributed by atoms with Crippen LogP contribution in [0.1, 0.15) is 39.5 Å². The largest absolute Gasteiger partial charge is 0.376 e. The van der Waals surface area contributed by atoms with Gasteiger partial charge in [0.05, 0.1) is 0 Å². The lowest BCUT2D eigenvalue weighted by Gasteiger charge is -2.26. The highest BCUT2D eigenvalue weighted by atomic mass is 16.3. The van der Waals surface area contributed by atoms with Crippen molar-refractivity contribution < 1.29 is 5.11 Å². The molecule has 0 heterocycles. The molecule has 62 valence electrons. The van der Waals surface area contributed by atoms with Crippen LogP contribution in [0.2, 0.25) is 0 Å². The fraction of sp³-hybridized carbons (Fsp3) is 1.00. The predicted octanol–water partition coefficient (Wildman–Crippen LogP) is 1.49. The van der Waals surface area contributed by atoms with E-state index in [1.165, 1.54) is 0 Å². The van der Waals surface area contributed by atoms with E-state index >= 15 is 0 Å². The van der Waals surface area contributed by atoms with E-state index in [4.69, 9.17) is 0 Å². The quantitative estimate of drug-likeness (QED) is 0.574. The summed E-state index contributed by atoms with van der Waals surface area (Å²) in [7, 11) is 1.81. The van der Waals surface area contributed by atoms with Crippen LogP contribution in [0.3, 0.4) is 0 Å². The predicted molar refractivity (Wildman–Crippen MR) is 43.8 cm³/mol. The van der Waals surface area contributed by atoms with Gasteiger partial charge in [-0.25, -0.2) is 0 Å². The molecule has 0 aliphatic heterocycles. The van der Waals surface area contributed by atoms with Crippen LogP contribution in [-0.2, 0) is 0 Å². The van der Waals surface area contributed by atoms with Gasteiger partial charge in [-0.1, -0.05) is 26.7 Å². The smallest absolute Gasteiger partial charge is 0.115 e. The van der Waals surface area contributed by atoms with Crippen LogP contribution in [0, 0.1) is 0 Å². The molecule has 0 saturated heterocycles. The number of hydrogen-bond acceptors (Lipinski definition) is 2. The van der Waals surface area contributed by atoms with Gasteiger partial charge in [0.15, 0.2) is 0 Å². The molecular formula is C8H19NO. The zero-order valence-electron chi connectivity index (χ0n) is 7.28. The summed E-state index contributed by atoms with van der Waals surface area (Å²) >= 11 is 0. The first-order valence-corrected chi connectivity index (χ1v) is 4.09. The maximum Gasteiger partial charge on any atom is 0.115 e. The molecule has 2 N–H and O–H groups in total. The Hall–Kier alpha value is -0.0800. The molecule has 0 atom stereocenters. The van der Waals surface area contributed by atoms with E-state index in [0.717, 1.165) is 25.7 Å². The summed E-state index contributed by atoms with van der Waals surface area (Å²) in [5.41, 5.74) is -0.608. The molecule has 2 heteroatoms. The van der Waals surface area contributed by atoms with Gasteiger partial charge < -0.3 is 5.11 Å². The summed E-state index contributed by atoms with van der Waals surface area (Å²) in [5.74, 6) is 0. The average molecular weight is 145 g/mol. The van der Waals surface area contributed by atoms with Crippen molar-refractivity contribution in [2.24, 2.45) is 0 Å². The zero-order valence-corrected chi connectivity index (χ0v) is 7.28. The number of hydrogen-bond donors (Lipinski definition) is 2. The van der Waals surface area contributed by atoms with Gasteiger partial charge in [-0.3, -0.25) is 5.32 Å². The normalized spacial score (nSPS) is 12.0. The lowest BCUT2D eigenvalue weighted by molar-refractivity contribution is -0.00509. The number of rotatable bonds is 5. The number of nitrogens with one attached hydrogen (secondary N) is 1. The van der Waals surface area contributed by atoms with E-state index in [1.54, 1.807) is 0 Å². The van der Waals surface area contributed by atoms with E-state index in [2.05, 4.69) is 19.2 Å². The van der Waals surface area contributed by atoms with Gasteiger partial charge in [-0.15, -0.1) is 0 Å². The minimum Gasteiger partial charge on any atom is -0.376 e. The molecule has 10 heavy (non-hydrogen) atoms. The topological polar surface area (TPSA) is 32.3 Å². The Bertz CT molecular complexity index is 77.3. The highest BCUT2D eigenvalue weighted by Crippen LogP contribution is 2.14. The van der Waals surface area contributed by atoms with Crippen LogP contribution in [0.5, 0.6) is 0 Å². The van der Waals surface area contributed by atoms with Crippen molar-refractivity contribution in [3.8, 4) is 0 Å². The first kappa shape index (κ1) is 9.92. The molecule has 0 saturated carbocycles. The van der Waals surface area contributed by atoms with Gasteiger partial charge in [0.1, 0.15) is 5.72 Å². The van der Waals surface area contributed by atoms with E-state index in [0.29, 0.717) is 0 Å². The molecule has 0 aromatic carbocycles. The standard InChI is InChI=1S/C8H19NO/c1-4-6-8(10,9-3)7-5-2/h9-10H,4-7H2,1-3H3. The highest BCUT2D eigenvalue weighted by Gasteiger charge is 2.20. The molecule has 0 radical (unpaired) electrons. The lowest BCUT2D eigenvalue weighted by Crippen LogP contribution is -2.42. The van der Waals surface area contributed by atoms with Gasteiger partial charge in [0.2, 0.25) is 0 Å². The van der Waals surface area contributed by atoms with Crippen molar-refractivity contribution in [2.75, 3.05) is 7.05 Å². The van der Waals surface area contributed by atoms with Crippen LogP contribution in [0.25, 0.3) is 0 Å². The molecule has 0 aliphatic carbocycles. The van der Waals surface area contributed by atoms with E-state index in [-0.39, 0.29) is 0 Å². The van der Waals surface area contributed by atoms with Gasteiger partial charge in [0.25, 0.3) is 0 Å². The minimum absolute atomic E-state index is 0.608. The molecular weight excluding hydrogens is 126 g/mol. The van der Waals surface area contributed by atoms with Crippen molar-refractivity contribution >= 4 is 0 Å². The zero-order chi connectivity index (χ0) is 8.04. The third-order valence-electron chi connectivity index (χ3n) is 1.79. The van der Waals surface area contributed by atoms with Crippen LogP contribution < -0.4 is 5.32 Å². The van der Waals surface area contributed by atoms with Gasteiger partial charge >= 0.3 is 0 Å². The van der Waals surface area contributed by atoms with E-state index in [1.807, 2.05) is 7.05 Å². The van der Waals surface area contributed by atoms with Crippen molar-refractivity contribution in [1.82, 2.24) is 5.32 Å². The molecule has 0 bridgehead atoms. The summed E-state index contributed by atoms with van der Waals surface area (Å²) < 4.78 is 0. The number of aliphatic hydroxyl groups is 1. The molecule has 0 spiro atoms. The summed E-state index contributed by atoms with van der Waals surface area (Å²) in [6, 6.07) is 0. The van der Waals surface area contributed by atoms with Crippen molar-refractivity contribution in [3.63, 3.8) is 0 Å². The second-order valence-corrected chi connectivity index (χ2v) is 2.78. The third kappa shape index (κ3) is 3.18. The summed E-state index contributed by atoms with van der Waals surface area (Å²) in [5, 5.41) is 12.6. The first-order chi connectivity index (χ1) is 4.68. The Morgan fingerprint density at radius 2 is 1.60 bits per heavy atom.